The zero-order valence-electron chi connectivity index (χ0n) is 10.4. The summed E-state index contributed by atoms with van der Waals surface area (Å²) in [6.07, 6.45) is 1.43. The van der Waals surface area contributed by atoms with Gasteiger partial charge in [-0.05, 0) is 6.42 Å². The topological polar surface area (TPSA) is 79.2 Å². The second-order valence-corrected chi connectivity index (χ2v) is 4.54. The van der Waals surface area contributed by atoms with E-state index < -0.39 is 24.6 Å². The minimum absolute atomic E-state index is 0.00126. The fourth-order valence-electron chi connectivity index (χ4n) is 1.83. The van der Waals surface area contributed by atoms with Crippen LogP contribution in [0, 0.1) is 0 Å². The lowest BCUT2D eigenvalue weighted by Gasteiger charge is -2.34. The van der Waals surface area contributed by atoms with Gasteiger partial charge in [0, 0.05) is 6.61 Å². The molecule has 0 aliphatic carbocycles. The highest BCUT2D eigenvalue weighted by Gasteiger charge is 2.37. The van der Waals surface area contributed by atoms with E-state index in [9.17, 15) is 15.3 Å². The first-order valence-electron chi connectivity index (χ1n) is 6.44. The maximum Gasteiger partial charge on any atom is 0.186 e. The first-order valence-corrected chi connectivity index (χ1v) is 6.44. The van der Waals surface area contributed by atoms with Gasteiger partial charge in [0.2, 0.25) is 0 Å². The van der Waals surface area contributed by atoms with Crippen LogP contribution < -0.4 is 0 Å². The Balaban J connectivity index is 2.10. The standard InChI is InChI=1S/C12H24O5/c1-2-3-4-5-6-7-16-12-11(15)10(14)9(13)8-17-12/h9-15H,2-8H2,1H3/t9-,10+,11-,12+/m1/s1. The molecule has 0 bridgehead atoms. The van der Waals surface area contributed by atoms with Crippen LogP contribution in [0.15, 0.2) is 0 Å². The Morgan fingerprint density at radius 3 is 2.47 bits per heavy atom. The summed E-state index contributed by atoms with van der Waals surface area (Å²) >= 11 is 0. The third-order valence-corrected chi connectivity index (χ3v) is 2.98. The second-order valence-electron chi connectivity index (χ2n) is 4.54. The van der Waals surface area contributed by atoms with Crippen molar-refractivity contribution in [2.24, 2.45) is 0 Å². The maximum absolute atomic E-state index is 9.59. The highest BCUT2D eigenvalue weighted by molar-refractivity contribution is 4.82. The molecule has 4 atom stereocenters. The van der Waals surface area contributed by atoms with Crippen molar-refractivity contribution in [1.82, 2.24) is 0 Å². The third kappa shape index (κ3) is 4.89. The summed E-state index contributed by atoms with van der Waals surface area (Å²) in [4.78, 5) is 0. The van der Waals surface area contributed by atoms with Gasteiger partial charge in [0.05, 0.1) is 6.61 Å². The van der Waals surface area contributed by atoms with Gasteiger partial charge in [-0.2, -0.15) is 0 Å². The average molecular weight is 248 g/mol. The molecule has 17 heavy (non-hydrogen) atoms. The van der Waals surface area contributed by atoms with Crippen LogP contribution in [0.25, 0.3) is 0 Å². The summed E-state index contributed by atoms with van der Waals surface area (Å²) in [5.74, 6) is 0. The molecule has 1 saturated heterocycles. The second kappa shape index (κ2) is 8.00. The number of aliphatic hydroxyl groups excluding tert-OH is 3. The predicted octanol–water partition coefficient (Wildman–Crippen LogP) is 0.412. The van der Waals surface area contributed by atoms with Crippen LogP contribution in [0.3, 0.4) is 0 Å². The molecular formula is C12H24O5. The molecule has 0 saturated carbocycles. The van der Waals surface area contributed by atoms with Gasteiger partial charge >= 0.3 is 0 Å². The molecule has 0 aromatic heterocycles. The lowest BCUT2D eigenvalue weighted by Crippen LogP contribution is -2.53. The number of unbranched alkanes of at least 4 members (excludes halogenated alkanes) is 4. The zero-order valence-corrected chi connectivity index (χ0v) is 10.4. The van der Waals surface area contributed by atoms with E-state index in [2.05, 4.69) is 6.92 Å². The van der Waals surface area contributed by atoms with E-state index in [1.807, 2.05) is 0 Å². The molecule has 1 rings (SSSR count). The molecule has 3 N–H and O–H groups in total. The summed E-state index contributed by atoms with van der Waals surface area (Å²) in [6, 6.07) is 0. The van der Waals surface area contributed by atoms with Crippen molar-refractivity contribution in [1.29, 1.82) is 0 Å². The van der Waals surface area contributed by atoms with Crippen LogP contribution in [0.2, 0.25) is 0 Å². The van der Waals surface area contributed by atoms with Crippen LogP contribution >= 0.6 is 0 Å². The van der Waals surface area contributed by atoms with Crippen molar-refractivity contribution < 1.29 is 24.8 Å². The van der Waals surface area contributed by atoms with E-state index in [0.29, 0.717) is 6.61 Å². The average Bonchev–Trinajstić information content (AvgIpc) is 2.33. The molecular weight excluding hydrogens is 224 g/mol. The highest BCUT2D eigenvalue weighted by Crippen LogP contribution is 2.17. The third-order valence-electron chi connectivity index (χ3n) is 2.98. The molecule has 1 aliphatic heterocycles. The van der Waals surface area contributed by atoms with Gasteiger partial charge in [-0.15, -0.1) is 0 Å². The monoisotopic (exact) mass is 248 g/mol. The Morgan fingerprint density at radius 1 is 1.06 bits per heavy atom. The van der Waals surface area contributed by atoms with Crippen LogP contribution in [-0.2, 0) is 9.47 Å². The first kappa shape index (κ1) is 14.9. The van der Waals surface area contributed by atoms with Crippen molar-refractivity contribution in [2.75, 3.05) is 13.2 Å². The Bertz CT molecular complexity index is 199. The van der Waals surface area contributed by atoms with E-state index in [1.54, 1.807) is 0 Å². The summed E-state index contributed by atoms with van der Waals surface area (Å²) < 4.78 is 10.5. The number of aliphatic hydroxyl groups is 3. The van der Waals surface area contributed by atoms with Gasteiger partial charge in [0.25, 0.3) is 0 Å². The molecule has 0 amide bonds. The van der Waals surface area contributed by atoms with Gasteiger partial charge < -0.3 is 24.8 Å². The van der Waals surface area contributed by atoms with Gasteiger partial charge in [0.1, 0.15) is 18.3 Å². The van der Waals surface area contributed by atoms with Crippen LogP contribution in [-0.4, -0.2) is 53.1 Å². The lowest BCUT2D eigenvalue weighted by atomic mass is 10.1. The van der Waals surface area contributed by atoms with Crippen molar-refractivity contribution in [2.45, 2.75) is 63.6 Å². The lowest BCUT2D eigenvalue weighted by molar-refractivity contribution is -0.270. The zero-order chi connectivity index (χ0) is 12.7. The number of ether oxygens (including phenoxy) is 2. The van der Waals surface area contributed by atoms with E-state index in [4.69, 9.17) is 9.47 Å². The van der Waals surface area contributed by atoms with Crippen LogP contribution in [0.5, 0.6) is 0 Å². The molecule has 102 valence electrons. The normalized spacial score (nSPS) is 33.9. The Labute approximate surface area is 102 Å². The number of hydrogen-bond acceptors (Lipinski definition) is 5. The van der Waals surface area contributed by atoms with Gasteiger partial charge in [-0.25, -0.2) is 0 Å². The summed E-state index contributed by atoms with van der Waals surface area (Å²) in [5.41, 5.74) is 0. The molecule has 1 heterocycles. The van der Waals surface area contributed by atoms with E-state index in [0.717, 1.165) is 12.8 Å². The molecule has 1 fully saturated rings. The summed E-state index contributed by atoms with van der Waals surface area (Å²) in [7, 11) is 0. The predicted molar refractivity (Wildman–Crippen MR) is 62.5 cm³/mol. The fourth-order valence-corrected chi connectivity index (χ4v) is 1.83. The maximum atomic E-state index is 9.59. The smallest absolute Gasteiger partial charge is 0.186 e. The van der Waals surface area contributed by atoms with Crippen molar-refractivity contribution >= 4 is 0 Å². The van der Waals surface area contributed by atoms with E-state index >= 15 is 0 Å². The van der Waals surface area contributed by atoms with Crippen molar-refractivity contribution in [3.05, 3.63) is 0 Å². The molecule has 0 spiro atoms. The van der Waals surface area contributed by atoms with Crippen LogP contribution in [0.1, 0.15) is 39.0 Å². The molecule has 0 radical (unpaired) electrons. The van der Waals surface area contributed by atoms with E-state index in [1.165, 1.54) is 19.3 Å². The fraction of sp³-hybridized carbons (Fsp3) is 1.00. The first-order chi connectivity index (χ1) is 8.16. The Hall–Kier alpha value is -0.200. The van der Waals surface area contributed by atoms with Gasteiger partial charge in [0.15, 0.2) is 6.29 Å². The summed E-state index contributed by atoms with van der Waals surface area (Å²) in [5, 5.41) is 28.3. The van der Waals surface area contributed by atoms with Gasteiger partial charge in [-0.3, -0.25) is 0 Å². The molecule has 5 nitrogen and oxygen atoms in total. The molecule has 5 heteroatoms. The number of hydrogen-bond donors (Lipinski definition) is 3. The largest absolute Gasteiger partial charge is 0.388 e. The van der Waals surface area contributed by atoms with Gasteiger partial charge in [-0.1, -0.05) is 32.6 Å². The molecule has 1 aliphatic rings. The van der Waals surface area contributed by atoms with Crippen molar-refractivity contribution in [3.8, 4) is 0 Å². The highest BCUT2D eigenvalue weighted by atomic mass is 16.7. The minimum atomic E-state index is -1.19. The van der Waals surface area contributed by atoms with E-state index in [-0.39, 0.29) is 6.61 Å². The van der Waals surface area contributed by atoms with Crippen LogP contribution in [0.4, 0.5) is 0 Å². The minimum Gasteiger partial charge on any atom is -0.388 e. The molecule has 0 unspecified atom stereocenters. The quantitative estimate of drug-likeness (QED) is 0.569. The summed E-state index contributed by atoms with van der Waals surface area (Å²) in [6.45, 7) is 2.67. The Morgan fingerprint density at radius 2 is 1.76 bits per heavy atom. The molecule has 0 aromatic rings. The molecule has 0 aromatic carbocycles. The number of rotatable bonds is 7. The SMILES string of the molecule is CCCCCCCO[C@H]1OC[C@@H](O)[C@H](O)[C@H]1O. The Kier molecular flexibility index (Phi) is 6.99. The van der Waals surface area contributed by atoms with Crippen molar-refractivity contribution in [3.63, 3.8) is 0 Å².